The molecule has 0 aliphatic carbocycles. The van der Waals surface area contributed by atoms with Crippen LogP contribution in [0.5, 0.6) is 0 Å². The molecule has 0 aliphatic rings. The number of nitrogens with one attached hydrogen (secondary N) is 3. The van der Waals surface area contributed by atoms with E-state index in [1.165, 1.54) is 0 Å². The number of nitrogens with zero attached hydrogens (tertiary/aromatic N) is 1. The molecule has 3 N–H and O–H groups in total. The molecule has 106 valence electrons. The summed E-state index contributed by atoms with van der Waals surface area (Å²) in [6, 6.07) is 0.157. The molecule has 1 unspecified atom stereocenters. The maximum atomic E-state index is 11.6. The fraction of sp³-hybridized carbons (Fsp3) is 0.833. The normalized spacial score (nSPS) is 14.0. The van der Waals surface area contributed by atoms with Gasteiger partial charge in [-0.1, -0.05) is 0 Å². The average Bonchev–Trinajstić information content (AvgIpc) is 2.33. The summed E-state index contributed by atoms with van der Waals surface area (Å²) in [6.07, 6.45) is 0. The van der Waals surface area contributed by atoms with Gasteiger partial charge in [0.2, 0.25) is 5.91 Å². The second-order valence-corrected chi connectivity index (χ2v) is 4.89. The van der Waals surface area contributed by atoms with Crippen LogP contribution in [0.3, 0.4) is 0 Å². The minimum Gasteiger partial charge on any atom is -0.383 e. The number of rotatable bonds is 6. The Labute approximate surface area is 110 Å². The highest BCUT2D eigenvalue weighted by Crippen LogP contribution is 2.12. The molecule has 6 heteroatoms. The summed E-state index contributed by atoms with van der Waals surface area (Å²) in [6.45, 7) is 6.86. The zero-order valence-corrected chi connectivity index (χ0v) is 12.3. The van der Waals surface area contributed by atoms with E-state index in [-0.39, 0.29) is 11.9 Å². The van der Waals surface area contributed by atoms with Crippen LogP contribution in [0.1, 0.15) is 20.8 Å². The van der Waals surface area contributed by atoms with Gasteiger partial charge in [0.15, 0.2) is 5.96 Å². The van der Waals surface area contributed by atoms with Gasteiger partial charge in [0.25, 0.3) is 0 Å². The molecule has 0 fully saturated rings. The molecule has 0 saturated heterocycles. The molecule has 0 aromatic heterocycles. The number of amides is 1. The van der Waals surface area contributed by atoms with Gasteiger partial charge < -0.3 is 20.7 Å². The first-order chi connectivity index (χ1) is 8.37. The number of methoxy groups -OCH3 is 1. The maximum absolute atomic E-state index is 11.6. The predicted octanol–water partition coefficient (Wildman–Crippen LogP) is -0.0415. The Kier molecular flexibility index (Phi) is 7.35. The van der Waals surface area contributed by atoms with Gasteiger partial charge in [-0.15, -0.1) is 0 Å². The summed E-state index contributed by atoms with van der Waals surface area (Å²) in [5, 5.41) is 8.96. The first kappa shape index (κ1) is 16.7. The van der Waals surface area contributed by atoms with Gasteiger partial charge in [0.1, 0.15) is 0 Å². The Morgan fingerprint density at radius 1 is 1.44 bits per heavy atom. The summed E-state index contributed by atoms with van der Waals surface area (Å²) in [5.74, 6) is 0.659. The van der Waals surface area contributed by atoms with E-state index in [4.69, 9.17) is 4.74 Å². The van der Waals surface area contributed by atoms with E-state index in [0.717, 1.165) is 0 Å². The zero-order valence-electron chi connectivity index (χ0n) is 12.3. The fourth-order valence-electron chi connectivity index (χ4n) is 1.44. The van der Waals surface area contributed by atoms with Crippen LogP contribution in [-0.2, 0) is 9.53 Å². The van der Waals surface area contributed by atoms with Crippen molar-refractivity contribution in [3.8, 4) is 0 Å². The standard InChI is InChI=1S/C12H26N4O2/c1-9(7-18-6)16-11(14-5)15-8-12(2,3)10(17)13-4/h9H,7-8H2,1-6H3,(H,13,17)(H2,14,15,16). The molecule has 0 aromatic rings. The number of ether oxygens (including phenoxy) is 1. The van der Waals surface area contributed by atoms with Crippen LogP contribution in [0.4, 0.5) is 0 Å². The highest BCUT2D eigenvalue weighted by molar-refractivity contribution is 5.84. The Morgan fingerprint density at radius 2 is 2.06 bits per heavy atom. The van der Waals surface area contributed by atoms with Gasteiger partial charge in [-0.25, -0.2) is 0 Å². The lowest BCUT2D eigenvalue weighted by atomic mass is 9.92. The Hall–Kier alpha value is -1.30. The van der Waals surface area contributed by atoms with Crippen molar-refractivity contribution >= 4 is 11.9 Å². The molecule has 0 rings (SSSR count). The second-order valence-electron chi connectivity index (χ2n) is 4.89. The second kappa shape index (κ2) is 7.92. The summed E-state index contributed by atoms with van der Waals surface area (Å²) >= 11 is 0. The lowest BCUT2D eigenvalue weighted by molar-refractivity contribution is -0.128. The van der Waals surface area contributed by atoms with Crippen molar-refractivity contribution in [3.05, 3.63) is 0 Å². The Balaban J connectivity index is 4.28. The van der Waals surface area contributed by atoms with Gasteiger partial charge >= 0.3 is 0 Å². The highest BCUT2D eigenvalue weighted by atomic mass is 16.5. The molecular weight excluding hydrogens is 232 g/mol. The molecule has 0 saturated carbocycles. The molecule has 0 bridgehead atoms. The average molecular weight is 258 g/mol. The SMILES string of the molecule is CN=C(NCC(C)(C)C(=O)NC)NC(C)COC. The van der Waals surface area contributed by atoms with E-state index in [1.807, 2.05) is 20.8 Å². The smallest absolute Gasteiger partial charge is 0.227 e. The predicted molar refractivity (Wildman–Crippen MR) is 73.7 cm³/mol. The largest absolute Gasteiger partial charge is 0.383 e. The third-order valence-corrected chi connectivity index (χ3v) is 2.56. The van der Waals surface area contributed by atoms with Crippen LogP contribution in [0.2, 0.25) is 0 Å². The third kappa shape index (κ3) is 5.86. The first-order valence-corrected chi connectivity index (χ1v) is 6.05. The van der Waals surface area contributed by atoms with Crippen molar-refractivity contribution in [2.75, 3.05) is 34.4 Å². The third-order valence-electron chi connectivity index (χ3n) is 2.56. The topological polar surface area (TPSA) is 74.8 Å². The van der Waals surface area contributed by atoms with E-state index in [1.54, 1.807) is 21.2 Å². The number of guanidine groups is 1. The van der Waals surface area contributed by atoms with Gasteiger partial charge in [0, 0.05) is 33.8 Å². The van der Waals surface area contributed by atoms with Crippen LogP contribution in [0.25, 0.3) is 0 Å². The number of carbonyl (C=O) groups excluding carboxylic acids is 1. The van der Waals surface area contributed by atoms with E-state index < -0.39 is 5.41 Å². The van der Waals surface area contributed by atoms with E-state index in [0.29, 0.717) is 19.1 Å². The molecule has 0 aliphatic heterocycles. The molecule has 1 atom stereocenters. The van der Waals surface area contributed by atoms with Crippen molar-refractivity contribution in [2.45, 2.75) is 26.8 Å². The van der Waals surface area contributed by atoms with Crippen molar-refractivity contribution in [2.24, 2.45) is 10.4 Å². The number of carbonyl (C=O) groups is 1. The number of hydrogen-bond donors (Lipinski definition) is 3. The minimum atomic E-state index is -0.489. The Morgan fingerprint density at radius 3 is 2.50 bits per heavy atom. The molecule has 0 aromatic carbocycles. The van der Waals surface area contributed by atoms with Crippen LogP contribution < -0.4 is 16.0 Å². The van der Waals surface area contributed by atoms with Crippen LogP contribution in [-0.4, -0.2) is 52.3 Å². The fourth-order valence-corrected chi connectivity index (χ4v) is 1.44. The maximum Gasteiger partial charge on any atom is 0.227 e. The van der Waals surface area contributed by atoms with Crippen molar-refractivity contribution < 1.29 is 9.53 Å². The summed E-state index contributed by atoms with van der Waals surface area (Å²) in [4.78, 5) is 15.7. The van der Waals surface area contributed by atoms with Gasteiger partial charge in [-0.2, -0.15) is 0 Å². The molecule has 0 spiro atoms. The number of aliphatic imine (C=N–C) groups is 1. The quantitative estimate of drug-likeness (QED) is 0.461. The van der Waals surface area contributed by atoms with E-state index in [9.17, 15) is 4.79 Å². The van der Waals surface area contributed by atoms with Crippen molar-refractivity contribution in [1.29, 1.82) is 0 Å². The van der Waals surface area contributed by atoms with Gasteiger partial charge in [-0.05, 0) is 20.8 Å². The molecule has 18 heavy (non-hydrogen) atoms. The molecule has 0 heterocycles. The highest BCUT2D eigenvalue weighted by Gasteiger charge is 2.26. The first-order valence-electron chi connectivity index (χ1n) is 6.05. The van der Waals surface area contributed by atoms with Crippen LogP contribution >= 0.6 is 0 Å². The summed E-state index contributed by atoms with van der Waals surface area (Å²) in [5.41, 5.74) is -0.489. The van der Waals surface area contributed by atoms with Crippen LogP contribution in [0, 0.1) is 5.41 Å². The summed E-state index contributed by atoms with van der Waals surface area (Å²) < 4.78 is 5.04. The minimum absolute atomic E-state index is 0.00427. The molecule has 6 nitrogen and oxygen atoms in total. The zero-order chi connectivity index (χ0) is 14.2. The van der Waals surface area contributed by atoms with Crippen LogP contribution in [0.15, 0.2) is 4.99 Å². The van der Waals surface area contributed by atoms with Crippen molar-refractivity contribution in [3.63, 3.8) is 0 Å². The lowest BCUT2D eigenvalue weighted by Gasteiger charge is -2.25. The van der Waals surface area contributed by atoms with Crippen molar-refractivity contribution in [1.82, 2.24) is 16.0 Å². The molecule has 1 amide bonds. The number of hydrogen-bond acceptors (Lipinski definition) is 3. The van der Waals surface area contributed by atoms with Gasteiger partial charge in [0.05, 0.1) is 12.0 Å². The monoisotopic (exact) mass is 258 g/mol. The molecule has 0 radical (unpaired) electrons. The Bertz CT molecular complexity index is 290. The van der Waals surface area contributed by atoms with E-state index in [2.05, 4.69) is 20.9 Å². The summed E-state index contributed by atoms with van der Waals surface area (Å²) in [7, 11) is 4.99. The molecular formula is C12H26N4O2. The van der Waals surface area contributed by atoms with Gasteiger partial charge in [-0.3, -0.25) is 9.79 Å². The van der Waals surface area contributed by atoms with E-state index >= 15 is 0 Å². The lowest BCUT2D eigenvalue weighted by Crippen LogP contribution is -2.49.